The van der Waals surface area contributed by atoms with Crippen molar-refractivity contribution in [3.05, 3.63) is 83.8 Å². The van der Waals surface area contributed by atoms with E-state index in [1.807, 2.05) is 48.3 Å². The van der Waals surface area contributed by atoms with Gasteiger partial charge in [-0.25, -0.2) is 0 Å². The number of allylic oxidation sites excluding steroid dienone is 3. The minimum Gasteiger partial charge on any atom is -0.439 e. The Bertz CT molecular complexity index is 845. The van der Waals surface area contributed by atoms with E-state index in [1.165, 1.54) is 6.08 Å². The molecule has 0 radical (unpaired) electrons. The molecule has 0 spiro atoms. The third-order valence-corrected chi connectivity index (χ3v) is 3.57. The molecule has 1 aliphatic rings. The molecule has 0 saturated heterocycles. The van der Waals surface area contributed by atoms with Gasteiger partial charge in [0.2, 0.25) is 5.78 Å². The second kappa shape index (κ2) is 6.20. The lowest BCUT2D eigenvalue weighted by Crippen LogP contribution is -2.13. The number of fused-ring (bicyclic) bond motifs is 1. The summed E-state index contributed by atoms with van der Waals surface area (Å²) in [6.45, 7) is 0. The molecule has 0 saturated carbocycles. The minimum absolute atomic E-state index is 0.0663. The number of hydrogen-bond donors (Lipinski definition) is 0. The molecule has 0 amide bonds. The summed E-state index contributed by atoms with van der Waals surface area (Å²) in [5.41, 5.74) is 1.50. The number of ketones is 1. The average molecular weight is 302 g/mol. The zero-order chi connectivity index (χ0) is 16.2. The van der Waals surface area contributed by atoms with Gasteiger partial charge < -0.3 is 9.64 Å². The molecule has 0 bridgehead atoms. The van der Waals surface area contributed by atoms with E-state index in [2.05, 4.69) is 0 Å². The van der Waals surface area contributed by atoms with Gasteiger partial charge in [-0.05, 0) is 18.2 Å². The van der Waals surface area contributed by atoms with Crippen LogP contribution in [0.25, 0.3) is 0 Å². The average Bonchev–Trinajstić information content (AvgIpc) is 2.92. The summed E-state index contributed by atoms with van der Waals surface area (Å²) in [6.07, 6.45) is 3.13. The number of nitrogens with zero attached hydrogens (tertiary/aromatic N) is 2. The summed E-state index contributed by atoms with van der Waals surface area (Å²) < 4.78 is 5.72. The van der Waals surface area contributed by atoms with Crippen LogP contribution in [0, 0.1) is 11.3 Å². The van der Waals surface area contributed by atoms with Crippen molar-refractivity contribution in [3.63, 3.8) is 0 Å². The molecule has 0 aromatic heterocycles. The zero-order valence-electron chi connectivity index (χ0n) is 12.6. The first-order valence-electron chi connectivity index (χ1n) is 7.13. The maximum absolute atomic E-state index is 12.3. The second-order valence-corrected chi connectivity index (χ2v) is 5.02. The fourth-order valence-electron chi connectivity index (χ4n) is 2.33. The van der Waals surface area contributed by atoms with Crippen molar-refractivity contribution >= 4 is 11.5 Å². The number of para-hydroxylation sites is 2. The van der Waals surface area contributed by atoms with Crippen LogP contribution in [0.4, 0.5) is 5.69 Å². The molecule has 1 aliphatic heterocycles. The number of rotatable bonds is 3. The third kappa shape index (κ3) is 2.85. The Morgan fingerprint density at radius 1 is 1.13 bits per heavy atom. The van der Waals surface area contributed by atoms with E-state index in [0.717, 1.165) is 11.4 Å². The van der Waals surface area contributed by atoms with Crippen LogP contribution >= 0.6 is 0 Å². The normalized spacial score (nSPS) is 15.0. The lowest BCUT2D eigenvalue weighted by molar-refractivity contribution is 0.103. The summed E-state index contributed by atoms with van der Waals surface area (Å²) in [5.74, 6) is 1.02. The van der Waals surface area contributed by atoms with Crippen LogP contribution in [0.2, 0.25) is 0 Å². The highest BCUT2D eigenvalue weighted by molar-refractivity contribution is 6.11. The van der Waals surface area contributed by atoms with Crippen LogP contribution in [0.1, 0.15) is 10.4 Å². The number of anilines is 1. The largest absolute Gasteiger partial charge is 0.439 e. The lowest BCUT2D eigenvalue weighted by atomic mass is 10.0. The Morgan fingerprint density at radius 3 is 2.52 bits per heavy atom. The van der Waals surface area contributed by atoms with Crippen molar-refractivity contribution in [3.8, 4) is 11.8 Å². The van der Waals surface area contributed by atoms with Gasteiger partial charge >= 0.3 is 0 Å². The van der Waals surface area contributed by atoms with Gasteiger partial charge in [0.05, 0.1) is 5.69 Å². The Morgan fingerprint density at radius 2 is 1.83 bits per heavy atom. The van der Waals surface area contributed by atoms with Crippen LogP contribution < -0.4 is 9.64 Å². The first-order chi connectivity index (χ1) is 11.2. The van der Waals surface area contributed by atoms with Crippen LogP contribution in [0.3, 0.4) is 0 Å². The molecule has 112 valence electrons. The third-order valence-electron chi connectivity index (χ3n) is 3.57. The van der Waals surface area contributed by atoms with Gasteiger partial charge in [0.15, 0.2) is 11.6 Å². The lowest BCUT2D eigenvalue weighted by Gasteiger charge is -2.09. The maximum atomic E-state index is 12.3. The second-order valence-electron chi connectivity index (χ2n) is 5.02. The molecule has 2 aromatic rings. The van der Waals surface area contributed by atoms with E-state index >= 15 is 0 Å². The van der Waals surface area contributed by atoms with E-state index in [-0.39, 0.29) is 11.4 Å². The molecular weight excluding hydrogens is 288 g/mol. The van der Waals surface area contributed by atoms with Crippen LogP contribution in [-0.4, -0.2) is 12.8 Å². The molecule has 3 rings (SSSR count). The topological polar surface area (TPSA) is 53.3 Å². The number of nitriles is 1. The number of hydrogen-bond acceptors (Lipinski definition) is 4. The maximum Gasteiger partial charge on any atom is 0.203 e. The van der Waals surface area contributed by atoms with E-state index in [0.29, 0.717) is 11.4 Å². The monoisotopic (exact) mass is 302 g/mol. The Hall–Kier alpha value is -3.32. The molecule has 0 N–H and O–H groups in total. The molecule has 23 heavy (non-hydrogen) atoms. The molecule has 0 atom stereocenters. The molecule has 4 heteroatoms. The van der Waals surface area contributed by atoms with Crippen molar-refractivity contribution in [1.29, 1.82) is 5.26 Å². The van der Waals surface area contributed by atoms with E-state index in [1.54, 1.807) is 30.3 Å². The minimum atomic E-state index is -0.303. The Kier molecular flexibility index (Phi) is 3.94. The number of Topliss-reactive ketones (excluding diaryl/α,β-unsaturated/α-hetero) is 1. The van der Waals surface area contributed by atoms with Gasteiger partial charge in [-0.15, -0.1) is 0 Å². The van der Waals surface area contributed by atoms with Crippen LogP contribution in [-0.2, 0) is 0 Å². The summed E-state index contributed by atoms with van der Waals surface area (Å²) in [7, 11) is 1.87. The molecule has 4 nitrogen and oxygen atoms in total. The van der Waals surface area contributed by atoms with E-state index in [9.17, 15) is 10.1 Å². The molecular formula is C19H14N2O2. The smallest absolute Gasteiger partial charge is 0.203 e. The SMILES string of the molecule is CN1C(=CC=C(C#N)C(=O)c2ccccc2)Oc2ccccc21. The van der Waals surface area contributed by atoms with Crippen molar-refractivity contribution < 1.29 is 9.53 Å². The van der Waals surface area contributed by atoms with Gasteiger partial charge in [0, 0.05) is 18.7 Å². The highest BCUT2D eigenvalue weighted by Gasteiger charge is 2.21. The molecule has 0 fully saturated rings. The van der Waals surface area contributed by atoms with Crippen LogP contribution in [0.5, 0.6) is 5.75 Å². The van der Waals surface area contributed by atoms with Gasteiger partial charge in [0.25, 0.3) is 0 Å². The molecule has 2 aromatic carbocycles. The van der Waals surface area contributed by atoms with Gasteiger partial charge in [-0.2, -0.15) is 5.26 Å². The summed E-state index contributed by atoms with van der Waals surface area (Å²) in [4.78, 5) is 14.2. The Balaban J connectivity index is 1.87. The van der Waals surface area contributed by atoms with Crippen molar-refractivity contribution in [2.45, 2.75) is 0 Å². The quantitative estimate of drug-likeness (QED) is 0.493. The van der Waals surface area contributed by atoms with E-state index in [4.69, 9.17) is 4.74 Å². The highest BCUT2D eigenvalue weighted by Crippen LogP contribution is 2.37. The van der Waals surface area contributed by atoms with Crippen LogP contribution in [0.15, 0.2) is 78.2 Å². The van der Waals surface area contributed by atoms with Crippen molar-refractivity contribution in [2.24, 2.45) is 0 Å². The Labute approximate surface area is 134 Å². The van der Waals surface area contributed by atoms with Crippen molar-refractivity contribution in [2.75, 3.05) is 11.9 Å². The number of carbonyl (C=O) groups is 1. The number of benzene rings is 2. The molecule has 1 heterocycles. The summed E-state index contributed by atoms with van der Waals surface area (Å²) in [6, 6.07) is 18.3. The molecule has 0 unspecified atom stereocenters. The molecule has 0 aliphatic carbocycles. The summed E-state index contributed by atoms with van der Waals surface area (Å²) >= 11 is 0. The first kappa shape index (κ1) is 14.6. The van der Waals surface area contributed by atoms with Gasteiger partial charge in [0.1, 0.15) is 11.6 Å². The highest BCUT2D eigenvalue weighted by atomic mass is 16.5. The predicted molar refractivity (Wildman–Crippen MR) is 88.0 cm³/mol. The first-order valence-corrected chi connectivity index (χ1v) is 7.13. The number of ether oxygens (including phenoxy) is 1. The van der Waals surface area contributed by atoms with E-state index < -0.39 is 0 Å². The standard InChI is InChI=1S/C19H14N2O2/c1-21-16-9-5-6-10-17(16)23-18(21)12-11-15(13-20)19(22)14-7-3-2-4-8-14/h2-12H,1H3. The fraction of sp³-hybridized carbons (Fsp3) is 0.0526. The number of carbonyl (C=O) groups excluding carboxylic acids is 1. The summed E-state index contributed by atoms with van der Waals surface area (Å²) in [5, 5.41) is 9.25. The van der Waals surface area contributed by atoms with Gasteiger partial charge in [-0.3, -0.25) is 4.79 Å². The van der Waals surface area contributed by atoms with Gasteiger partial charge in [-0.1, -0.05) is 42.5 Å². The van der Waals surface area contributed by atoms with Crippen molar-refractivity contribution in [1.82, 2.24) is 0 Å². The predicted octanol–water partition coefficient (Wildman–Crippen LogP) is 3.69. The fourth-order valence-corrected chi connectivity index (χ4v) is 2.33. The zero-order valence-corrected chi connectivity index (χ0v) is 12.6.